The summed E-state index contributed by atoms with van der Waals surface area (Å²) < 4.78 is 0. The maximum Gasteiger partial charge on any atom is 0.165 e. The maximum absolute atomic E-state index is 6.07. The standard InChI is InChI=1S/C19H23N5/c1-4-5-6-14-11-16(13-7-9-15(10-8-13)24(2)3)23-19-17(14)18(20)21-12-22-19/h7-12H,4-6H2,1-3H3,(H2,20,21,22,23). The van der Waals surface area contributed by atoms with Gasteiger partial charge in [-0.3, -0.25) is 0 Å². The zero-order valence-electron chi connectivity index (χ0n) is 14.5. The molecule has 2 aromatic heterocycles. The number of benzene rings is 1. The van der Waals surface area contributed by atoms with Gasteiger partial charge in [0.15, 0.2) is 5.65 Å². The van der Waals surface area contributed by atoms with Gasteiger partial charge in [-0.1, -0.05) is 25.5 Å². The Balaban J connectivity index is 2.11. The lowest BCUT2D eigenvalue weighted by Crippen LogP contribution is -2.08. The van der Waals surface area contributed by atoms with Crippen molar-refractivity contribution in [3.8, 4) is 11.3 Å². The summed E-state index contributed by atoms with van der Waals surface area (Å²) in [4.78, 5) is 15.2. The minimum atomic E-state index is 0.508. The van der Waals surface area contributed by atoms with Crippen molar-refractivity contribution in [2.45, 2.75) is 26.2 Å². The predicted octanol–water partition coefficient (Wildman–Crippen LogP) is 3.68. The van der Waals surface area contributed by atoms with E-state index in [2.05, 4.69) is 52.1 Å². The van der Waals surface area contributed by atoms with Crippen LogP contribution in [0.25, 0.3) is 22.3 Å². The first-order valence-electron chi connectivity index (χ1n) is 8.28. The minimum absolute atomic E-state index is 0.508. The molecule has 24 heavy (non-hydrogen) atoms. The molecule has 0 aliphatic carbocycles. The van der Waals surface area contributed by atoms with Crippen molar-refractivity contribution in [3.63, 3.8) is 0 Å². The monoisotopic (exact) mass is 321 g/mol. The van der Waals surface area contributed by atoms with Crippen LogP contribution in [-0.2, 0) is 6.42 Å². The van der Waals surface area contributed by atoms with E-state index in [1.54, 1.807) is 0 Å². The highest BCUT2D eigenvalue weighted by Crippen LogP contribution is 2.28. The molecule has 1 aromatic carbocycles. The molecular weight excluding hydrogens is 298 g/mol. The van der Waals surface area contributed by atoms with Crippen molar-refractivity contribution in [3.05, 3.63) is 42.2 Å². The molecule has 0 aliphatic heterocycles. The third-order valence-corrected chi connectivity index (χ3v) is 4.19. The van der Waals surface area contributed by atoms with Gasteiger partial charge in [-0.05, 0) is 36.6 Å². The van der Waals surface area contributed by atoms with Crippen molar-refractivity contribution in [1.82, 2.24) is 15.0 Å². The highest BCUT2D eigenvalue weighted by molar-refractivity contribution is 5.90. The molecular formula is C19H23N5. The summed E-state index contributed by atoms with van der Waals surface area (Å²) in [5.74, 6) is 0.508. The third kappa shape index (κ3) is 3.15. The second-order valence-corrected chi connectivity index (χ2v) is 6.17. The van der Waals surface area contributed by atoms with Crippen LogP contribution in [0.1, 0.15) is 25.3 Å². The van der Waals surface area contributed by atoms with Crippen LogP contribution in [0.2, 0.25) is 0 Å². The van der Waals surface area contributed by atoms with Crippen LogP contribution in [-0.4, -0.2) is 29.0 Å². The topological polar surface area (TPSA) is 67.9 Å². The highest BCUT2D eigenvalue weighted by atomic mass is 15.1. The molecule has 0 fully saturated rings. The fourth-order valence-electron chi connectivity index (χ4n) is 2.81. The zero-order valence-corrected chi connectivity index (χ0v) is 14.5. The molecule has 0 radical (unpaired) electrons. The number of rotatable bonds is 5. The van der Waals surface area contributed by atoms with Crippen LogP contribution >= 0.6 is 0 Å². The van der Waals surface area contributed by atoms with Gasteiger partial charge in [0.05, 0.1) is 11.1 Å². The number of hydrogen-bond donors (Lipinski definition) is 1. The second kappa shape index (κ2) is 6.83. The van der Waals surface area contributed by atoms with Crippen molar-refractivity contribution in [2.24, 2.45) is 0 Å². The first-order valence-corrected chi connectivity index (χ1v) is 8.28. The summed E-state index contributed by atoms with van der Waals surface area (Å²) in [7, 11) is 4.07. The lowest BCUT2D eigenvalue weighted by atomic mass is 10.0. The molecule has 0 atom stereocenters. The predicted molar refractivity (Wildman–Crippen MR) is 100 cm³/mol. The molecule has 3 aromatic rings. The molecule has 124 valence electrons. The number of fused-ring (bicyclic) bond motifs is 1. The molecule has 0 spiro atoms. The van der Waals surface area contributed by atoms with Gasteiger partial charge < -0.3 is 10.6 Å². The molecule has 0 bridgehead atoms. The average Bonchev–Trinajstić information content (AvgIpc) is 2.59. The van der Waals surface area contributed by atoms with E-state index < -0.39 is 0 Å². The second-order valence-electron chi connectivity index (χ2n) is 6.17. The summed E-state index contributed by atoms with van der Waals surface area (Å²) in [6, 6.07) is 10.5. The van der Waals surface area contributed by atoms with Gasteiger partial charge in [0, 0.05) is 25.3 Å². The van der Waals surface area contributed by atoms with Gasteiger partial charge in [0.1, 0.15) is 12.1 Å². The number of nitrogens with two attached hydrogens (primary N) is 1. The van der Waals surface area contributed by atoms with Gasteiger partial charge >= 0.3 is 0 Å². The van der Waals surface area contributed by atoms with Gasteiger partial charge in [0.25, 0.3) is 0 Å². The fourth-order valence-corrected chi connectivity index (χ4v) is 2.81. The third-order valence-electron chi connectivity index (χ3n) is 4.19. The van der Waals surface area contributed by atoms with Gasteiger partial charge in [0.2, 0.25) is 0 Å². The lowest BCUT2D eigenvalue weighted by molar-refractivity contribution is 0.798. The number of nitrogens with zero attached hydrogens (tertiary/aromatic N) is 4. The lowest BCUT2D eigenvalue weighted by Gasteiger charge is -2.13. The van der Waals surface area contributed by atoms with E-state index in [1.165, 1.54) is 11.9 Å². The highest BCUT2D eigenvalue weighted by Gasteiger charge is 2.12. The number of unbranched alkanes of at least 4 members (excludes halogenated alkanes) is 1. The molecule has 2 heterocycles. The molecule has 5 heteroatoms. The van der Waals surface area contributed by atoms with E-state index in [-0.39, 0.29) is 0 Å². The van der Waals surface area contributed by atoms with Crippen LogP contribution in [0, 0.1) is 0 Å². The van der Waals surface area contributed by atoms with Crippen LogP contribution in [0.4, 0.5) is 11.5 Å². The molecule has 0 amide bonds. The van der Waals surface area contributed by atoms with E-state index in [0.717, 1.165) is 41.6 Å². The van der Waals surface area contributed by atoms with Gasteiger partial charge in [-0.25, -0.2) is 15.0 Å². The van der Waals surface area contributed by atoms with Crippen molar-refractivity contribution >= 4 is 22.5 Å². The first-order chi connectivity index (χ1) is 11.6. The number of anilines is 2. The van der Waals surface area contributed by atoms with Crippen molar-refractivity contribution in [1.29, 1.82) is 0 Å². The summed E-state index contributed by atoms with van der Waals surface area (Å²) in [6.45, 7) is 2.18. The van der Waals surface area contributed by atoms with Crippen LogP contribution < -0.4 is 10.6 Å². The summed E-state index contributed by atoms with van der Waals surface area (Å²) in [5.41, 5.74) is 11.1. The number of pyridine rings is 1. The van der Waals surface area contributed by atoms with Crippen molar-refractivity contribution < 1.29 is 0 Å². The Morgan fingerprint density at radius 2 is 1.83 bits per heavy atom. The fraction of sp³-hybridized carbons (Fsp3) is 0.316. The normalized spacial score (nSPS) is 11.0. The Kier molecular flexibility index (Phi) is 4.60. The summed E-state index contributed by atoms with van der Waals surface area (Å²) in [6.07, 6.45) is 4.67. The van der Waals surface area contributed by atoms with E-state index in [9.17, 15) is 0 Å². The number of aromatic nitrogens is 3. The molecule has 0 saturated heterocycles. The first kappa shape index (κ1) is 16.2. The van der Waals surface area contributed by atoms with Crippen LogP contribution in [0.5, 0.6) is 0 Å². The largest absolute Gasteiger partial charge is 0.383 e. The maximum atomic E-state index is 6.07. The Hall–Kier alpha value is -2.69. The minimum Gasteiger partial charge on any atom is -0.383 e. The summed E-state index contributed by atoms with van der Waals surface area (Å²) >= 11 is 0. The molecule has 0 unspecified atom stereocenters. The SMILES string of the molecule is CCCCc1cc(-c2ccc(N(C)C)cc2)nc2ncnc(N)c12. The average molecular weight is 321 g/mol. The quantitative estimate of drug-likeness (QED) is 0.776. The van der Waals surface area contributed by atoms with Gasteiger partial charge in [-0.15, -0.1) is 0 Å². The Morgan fingerprint density at radius 1 is 1.08 bits per heavy atom. The van der Waals surface area contributed by atoms with E-state index in [1.807, 2.05) is 14.1 Å². The Labute approximate surface area is 142 Å². The van der Waals surface area contributed by atoms with E-state index >= 15 is 0 Å². The molecule has 3 rings (SSSR count). The number of nitrogen functional groups attached to an aromatic ring is 1. The van der Waals surface area contributed by atoms with Crippen molar-refractivity contribution in [2.75, 3.05) is 24.7 Å². The smallest absolute Gasteiger partial charge is 0.165 e. The van der Waals surface area contributed by atoms with Gasteiger partial charge in [-0.2, -0.15) is 0 Å². The Bertz CT molecular complexity index is 840. The molecule has 5 nitrogen and oxygen atoms in total. The van der Waals surface area contributed by atoms with E-state index in [0.29, 0.717) is 11.5 Å². The zero-order chi connectivity index (χ0) is 17.1. The number of hydrogen-bond acceptors (Lipinski definition) is 5. The van der Waals surface area contributed by atoms with Crippen LogP contribution in [0.3, 0.4) is 0 Å². The van der Waals surface area contributed by atoms with E-state index in [4.69, 9.17) is 10.7 Å². The Morgan fingerprint density at radius 3 is 2.50 bits per heavy atom. The molecule has 0 aliphatic rings. The number of aryl methyl sites for hydroxylation is 1. The summed E-state index contributed by atoms with van der Waals surface area (Å²) in [5, 5.41) is 0.889. The van der Waals surface area contributed by atoms with Crippen LogP contribution in [0.15, 0.2) is 36.7 Å². The molecule has 0 saturated carbocycles. The molecule has 2 N–H and O–H groups in total.